The lowest BCUT2D eigenvalue weighted by Gasteiger charge is -2.24. The summed E-state index contributed by atoms with van der Waals surface area (Å²) in [5.74, 6) is -1.27. The van der Waals surface area contributed by atoms with Gasteiger partial charge in [0.2, 0.25) is 5.91 Å². The van der Waals surface area contributed by atoms with Crippen molar-refractivity contribution in [2.75, 3.05) is 26.7 Å². The number of hydrogen-bond donors (Lipinski definition) is 2. The second kappa shape index (κ2) is 4.62. The fourth-order valence-corrected chi connectivity index (χ4v) is 2.66. The molecular weight excluding hydrogens is 224 g/mol. The van der Waals surface area contributed by atoms with Crippen molar-refractivity contribution in [1.82, 2.24) is 9.80 Å². The predicted molar refractivity (Wildman–Crippen MR) is 59.4 cm³/mol. The van der Waals surface area contributed by atoms with Crippen LogP contribution in [-0.4, -0.2) is 70.7 Å². The molecule has 0 aromatic heterocycles. The van der Waals surface area contributed by atoms with Crippen molar-refractivity contribution in [3.63, 3.8) is 0 Å². The van der Waals surface area contributed by atoms with Crippen LogP contribution in [0.4, 0.5) is 0 Å². The molecular formula is C11H18N2O4. The average Bonchev–Trinajstić information content (AvgIpc) is 2.83. The lowest BCUT2D eigenvalue weighted by molar-refractivity contribution is -0.149. The molecule has 2 heterocycles. The summed E-state index contributed by atoms with van der Waals surface area (Å²) in [4.78, 5) is 26.6. The van der Waals surface area contributed by atoms with Crippen LogP contribution in [0.5, 0.6) is 0 Å². The first kappa shape index (κ1) is 12.3. The van der Waals surface area contributed by atoms with E-state index in [0.29, 0.717) is 6.54 Å². The van der Waals surface area contributed by atoms with Crippen LogP contribution in [0.2, 0.25) is 0 Å². The van der Waals surface area contributed by atoms with Crippen molar-refractivity contribution in [1.29, 1.82) is 0 Å². The maximum absolute atomic E-state index is 12.2. The molecule has 6 nitrogen and oxygen atoms in total. The monoisotopic (exact) mass is 242 g/mol. The second-order valence-electron chi connectivity index (χ2n) is 4.98. The Morgan fingerprint density at radius 1 is 1.29 bits per heavy atom. The Bertz CT molecular complexity index is 333. The van der Waals surface area contributed by atoms with Gasteiger partial charge in [-0.2, -0.15) is 0 Å². The SMILES string of the molecule is CN1CCC(C(=O)N2CC(O)C[C@H]2C(=O)O)C1. The van der Waals surface area contributed by atoms with Gasteiger partial charge >= 0.3 is 5.97 Å². The van der Waals surface area contributed by atoms with E-state index in [1.54, 1.807) is 0 Å². The molecule has 1 amide bonds. The molecule has 6 heteroatoms. The summed E-state index contributed by atoms with van der Waals surface area (Å²) in [5.41, 5.74) is 0. The van der Waals surface area contributed by atoms with Crippen molar-refractivity contribution in [3.05, 3.63) is 0 Å². The van der Waals surface area contributed by atoms with Crippen LogP contribution >= 0.6 is 0 Å². The van der Waals surface area contributed by atoms with Crippen LogP contribution < -0.4 is 0 Å². The minimum absolute atomic E-state index is 0.118. The number of amides is 1. The number of likely N-dealkylation sites (tertiary alicyclic amines) is 2. The van der Waals surface area contributed by atoms with Gasteiger partial charge in [0.15, 0.2) is 0 Å². The molecule has 0 radical (unpaired) electrons. The molecule has 0 aliphatic carbocycles. The number of aliphatic hydroxyl groups is 1. The fraction of sp³-hybridized carbons (Fsp3) is 0.818. The largest absolute Gasteiger partial charge is 0.480 e. The molecule has 2 rings (SSSR count). The summed E-state index contributed by atoms with van der Waals surface area (Å²) in [5, 5.41) is 18.5. The zero-order valence-corrected chi connectivity index (χ0v) is 9.87. The molecule has 0 aromatic rings. The number of hydrogen-bond acceptors (Lipinski definition) is 4. The maximum Gasteiger partial charge on any atom is 0.326 e. The number of carboxylic acids is 1. The van der Waals surface area contributed by atoms with Crippen LogP contribution in [0.25, 0.3) is 0 Å². The van der Waals surface area contributed by atoms with Gasteiger partial charge in [-0.05, 0) is 20.0 Å². The highest BCUT2D eigenvalue weighted by Gasteiger charge is 2.42. The molecule has 0 saturated carbocycles. The van der Waals surface area contributed by atoms with E-state index in [4.69, 9.17) is 5.11 Å². The summed E-state index contributed by atoms with van der Waals surface area (Å²) in [6.45, 7) is 1.69. The van der Waals surface area contributed by atoms with E-state index in [0.717, 1.165) is 13.0 Å². The molecule has 0 aromatic carbocycles. The summed E-state index contributed by atoms with van der Waals surface area (Å²) in [7, 11) is 1.95. The van der Waals surface area contributed by atoms with E-state index < -0.39 is 18.1 Å². The van der Waals surface area contributed by atoms with Gasteiger partial charge in [-0.25, -0.2) is 4.79 Å². The number of β-amino-alcohol motifs (C(OH)–C–C–N with tert-alkyl or cyclic N) is 1. The number of carbonyl (C=O) groups excluding carboxylic acids is 1. The molecule has 0 bridgehead atoms. The van der Waals surface area contributed by atoms with Gasteiger partial charge in [-0.15, -0.1) is 0 Å². The number of carbonyl (C=O) groups is 2. The summed E-state index contributed by atoms with van der Waals surface area (Å²) < 4.78 is 0. The smallest absolute Gasteiger partial charge is 0.326 e. The third-order valence-electron chi connectivity index (χ3n) is 3.59. The lowest BCUT2D eigenvalue weighted by atomic mass is 10.1. The first-order valence-corrected chi connectivity index (χ1v) is 5.89. The minimum atomic E-state index is -1.03. The van der Waals surface area contributed by atoms with Gasteiger partial charge in [-0.1, -0.05) is 0 Å². The second-order valence-corrected chi connectivity index (χ2v) is 4.98. The normalized spacial score (nSPS) is 34.2. The van der Waals surface area contributed by atoms with Gasteiger partial charge in [-0.3, -0.25) is 4.79 Å². The van der Waals surface area contributed by atoms with E-state index in [9.17, 15) is 14.7 Å². The van der Waals surface area contributed by atoms with Crippen molar-refractivity contribution in [3.8, 4) is 0 Å². The molecule has 2 unspecified atom stereocenters. The van der Waals surface area contributed by atoms with Crippen molar-refractivity contribution in [2.45, 2.75) is 25.0 Å². The average molecular weight is 242 g/mol. The molecule has 2 N–H and O–H groups in total. The predicted octanol–water partition coefficient (Wildman–Crippen LogP) is -1.02. The topological polar surface area (TPSA) is 81.1 Å². The van der Waals surface area contributed by atoms with Gasteiger partial charge in [0.25, 0.3) is 0 Å². The Kier molecular flexibility index (Phi) is 3.35. The van der Waals surface area contributed by atoms with Gasteiger partial charge < -0.3 is 20.0 Å². The van der Waals surface area contributed by atoms with Crippen LogP contribution in [0, 0.1) is 5.92 Å². The number of aliphatic hydroxyl groups excluding tert-OH is 1. The number of nitrogens with zero attached hydrogens (tertiary/aromatic N) is 2. The molecule has 2 aliphatic heterocycles. The summed E-state index contributed by atoms with van der Waals surface area (Å²) in [6, 6.07) is -0.858. The Balaban J connectivity index is 2.05. The van der Waals surface area contributed by atoms with E-state index in [1.165, 1.54) is 4.90 Å². The van der Waals surface area contributed by atoms with Crippen LogP contribution in [-0.2, 0) is 9.59 Å². The molecule has 96 valence electrons. The number of aliphatic carboxylic acids is 1. The minimum Gasteiger partial charge on any atom is -0.480 e. The number of rotatable bonds is 2. The number of carboxylic acid groups (broad SMARTS) is 1. The Morgan fingerprint density at radius 3 is 2.53 bits per heavy atom. The van der Waals surface area contributed by atoms with E-state index in [2.05, 4.69) is 4.90 Å². The molecule has 2 saturated heterocycles. The van der Waals surface area contributed by atoms with Crippen LogP contribution in [0.1, 0.15) is 12.8 Å². The summed E-state index contributed by atoms with van der Waals surface area (Å²) >= 11 is 0. The Labute approximate surface area is 99.8 Å². The first-order chi connectivity index (χ1) is 7.99. The van der Waals surface area contributed by atoms with E-state index in [-0.39, 0.29) is 24.8 Å². The third kappa shape index (κ3) is 2.42. The Morgan fingerprint density at radius 2 is 2.00 bits per heavy atom. The van der Waals surface area contributed by atoms with Crippen LogP contribution in [0.3, 0.4) is 0 Å². The maximum atomic E-state index is 12.2. The molecule has 2 fully saturated rings. The van der Waals surface area contributed by atoms with Gasteiger partial charge in [0, 0.05) is 19.5 Å². The quantitative estimate of drug-likeness (QED) is 0.648. The molecule has 17 heavy (non-hydrogen) atoms. The highest BCUT2D eigenvalue weighted by Crippen LogP contribution is 2.24. The first-order valence-electron chi connectivity index (χ1n) is 5.89. The van der Waals surface area contributed by atoms with Gasteiger partial charge in [0.05, 0.1) is 12.0 Å². The molecule has 0 spiro atoms. The lowest BCUT2D eigenvalue weighted by Crippen LogP contribution is -2.44. The molecule has 2 aliphatic rings. The van der Waals surface area contributed by atoms with Crippen molar-refractivity contribution in [2.24, 2.45) is 5.92 Å². The standard InChI is InChI=1S/C11H18N2O4/c1-12-3-2-7(5-12)10(15)13-6-8(14)4-9(13)11(16)17/h7-9,14H,2-6H2,1H3,(H,16,17)/t7?,8?,9-/m0/s1. The van der Waals surface area contributed by atoms with Crippen LogP contribution in [0.15, 0.2) is 0 Å². The highest BCUT2D eigenvalue weighted by molar-refractivity contribution is 5.86. The van der Waals surface area contributed by atoms with Crippen molar-refractivity contribution < 1.29 is 19.8 Å². The highest BCUT2D eigenvalue weighted by atomic mass is 16.4. The Hall–Kier alpha value is -1.14. The zero-order chi connectivity index (χ0) is 12.6. The fourth-order valence-electron chi connectivity index (χ4n) is 2.66. The summed E-state index contributed by atoms with van der Waals surface area (Å²) in [6.07, 6.45) is 0.205. The van der Waals surface area contributed by atoms with E-state index >= 15 is 0 Å². The van der Waals surface area contributed by atoms with Gasteiger partial charge in [0.1, 0.15) is 6.04 Å². The third-order valence-corrected chi connectivity index (χ3v) is 3.59. The van der Waals surface area contributed by atoms with Crippen molar-refractivity contribution >= 4 is 11.9 Å². The van der Waals surface area contributed by atoms with E-state index in [1.807, 2.05) is 7.05 Å². The zero-order valence-electron chi connectivity index (χ0n) is 9.87. The molecule has 3 atom stereocenters.